The molecular weight excluding hydrogens is 265 g/mol. The molecule has 0 spiro atoms. The molecule has 2 rings (SSSR count). The smallest absolute Gasteiger partial charge is 0.307 e. The molecule has 0 heterocycles. The molecule has 0 radical (unpaired) electrons. The summed E-state index contributed by atoms with van der Waals surface area (Å²) in [6.07, 6.45) is 0.414. The van der Waals surface area contributed by atoms with Crippen LogP contribution in [0.15, 0.2) is 24.3 Å². The van der Waals surface area contributed by atoms with Crippen molar-refractivity contribution in [3.8, 4) is 5.75 Å². The van der Waals surface area contributed by atoms with Crippen LogP contribution >= 0.6 is 0 Å². The van der Waals surface area contributed by atoms with E-state index in [1.54, 1.807) is 7.05 Å². The zero-order valence-electron chi connectivity index (χ0n) is 11.1. The van der Waals surface area contributed by atoms with Gasteiger partial charge in [0.05, 0.1) is 18.4 Å². The summed E-state index contributed by atoms with van der Waals surface area (Å²) < 4.78 is 18.1. The first-order valence-electron chi connectivity index (χ1n) is 6.35. The Morgan fingerprint density at radius 1 is 1.35 bits per heavy atom. The molecule has 5 nitrogen and oxygen atoms in total. The summed E-state index contributed by atoms with van der Waals surface area (Å²) in [7, 11) is 1.62. The van der Waals surface area contributed by atoms with Crippen LogP contribution in [0.1, 0.15) is 6.42 Å². The van der Waals surface area contributed by atoms with E-state index in [1.165, 1.54) is 29.2 Å². The molecule has 0 unspecified atom stereocenters. The van der Waals surface area contributed by atoms with Crippen molar-refractivity contribution in [1.29, 1.82) is 0 Å². The van der Waals surface area contributed by atoms with Gasteiger partial charge in [-0.05, 0) is 30.7 Å². The van der Waals surface area contributed by atoms with Crippen molar-refractivity contribution in [2.75, 3.05) is 20.2 Å². The van der Waals surface area contributed by atoms with Gasteiger partial charge < -0.3 is 14.7 Å². The monoisotopic (exact) mass is 281 g/mol. The SMILES string of the molecule is CN(CCOc1ccc(F)cc1)C(=O)[C@@H]1C[C@@H]1C(=O)O. The van der Waals surface area contributed by atoms with Crippen molar-refractivity contribution in [2.45, 2.75) is 6.42 Å². The van der Waals surface area contributed by atoms with E-state index < -0.39 is 17.8 Å². The van der Waals surface area contributed by atoms with Crippen molar-refractivity contribution in [3.63, 3.8) is 0 Å². The number of aliphatic carboxylic acids is 1. The van der Waals surface area contributed by atoms with E-state index in [9.17, 15) is 14.0 Å². The Bertz CT molecular complexity index is 502. The van der Waals surface area contributed by atoms with Gasteiger partial charge in [0.15, 0.2) is 0 Å². The Morgan fingerprint density at radius 3 is 2.55 bits per heavy atom. The van der Waals surface area contributed by atoms with Gasteiger partial charge in [-0.1, -0.05) is 0 Å². The number of carboxylic acids is 1. The summed E-state index contributed by atoms with van der Waals surface area (Å²) in [4.78, 5) is 24.0. The minimum absolute atomic E-state index is 0.167. The molecule has 1 fully saturated rings. The number of carboxylic acid groups (broad SMARTS) is 1. The van der Waals surface area contributed by atoms with E-state index >= 15 is 0 Å². The quantitative estimate of drug-likeness (QED) is 0.855. The molecule has 1 saturated carbocycles. The van der Waals surface area contributed by atoms with Gasteiger partial charge in [0.1, 0.15) is 18.2 Å². The first kappa shape index (κ1) is 14.3. The summed E-state index contributed by atoms with van der Waals surface area (Å²) in [5.74, 6) is -1.83. The lowest BCUT2D eigenvalue weighted by Gasteiger charge is -2.17. The van der Waals surface area contributed by atoms with Crippen LogP contribution in [0.25, 0.3) is 0 Å². The number of ether oxygens (including phenoxy) is 1. The minimum Gasteiger partial charge on any atom is -0.492 e. The molecule has 6 heteroatoms. The number of amides is 1. The fourth-order valence-electron chi connectivity index (χ4n) is 1.97. The average Bonchev–Trinajstić information content (AvgIpc) is 3.20. The third-order valence-electron chi connectivity index (χ3n) is 3.31. The summed E-state index contributed by atoms with van der Waals surface area (Å²) in [6, 6.07) is 5.62. The Labute approximate surface area is 116 Å². The molecule has 0 aliphatic heterocycles. The number of benzene rings is 1. The van der Waals surface area contributed by atoms with E-state index in [2.05, 4.69) is 0 Å². The molecule has 2 atom stereocenters. The molecule has 1 aliphatic carbocycles. The highest BCUT2D eigenvalue weighted by atomic mass is 19.1. The molecule has 0 saturated heterocycles. The van der Waals surface area contributed by atoms with Crippen molar-refractivity contribution in [1.82, 2.24) is 4.90 Å². The topological polar surface area (TPSA) is 66.8 Å². The van der Waals surface area contributed by atoms with Crippen LogP contribution < -0.4 is 4.74 Å². The van der Waals surface area contributed by atoms with Crippen molar-refractivity contribution in [3.05, 3.63) is 30.1 Å². The molecule has 1 aliphatic rings. The molecule has 1 aromatic carbocycles. The van der Waals surface area contributed by atoms with Crippen LogP contribution in [0.2, 0.25) is 0 Å². The third kappa shape index (κ3) is 3.46. The standard InChI is InChI=1S/C14H16FNO4/c1-16(13(17)11-8-12(11)14(18)19)6-7-20-10-4-2-9(15)3-5-10/h2-5,11-12H,6-8H2,1H3,(H,18,19)/t11-,12+/m1/s1. The van der Waals surface area contributed by atoms with Gasteiger partial charge in [-0.15, -0.1) is 0 Å². The largest absolute Gasteiger partial charge is 0.492 e. The molecule has 0 aromatic heterocycles. The van der Waals surface area contributed by atoms with Crippen LogP contribution in [-0.2, 0) is 9.59 Å². The number of hydrogen-bond acceptors (Lipinski definition) is 3. The number of halogens is 1. The van der Waals surface area contributed by atoms with E-state index in [0.29, 0.717) is 18.7 Å². The predicted octanol–water partition coefficient (Wildman–Crippen LogP) is 1.38. The average molecular weight is 281 g/mol. The van der Waals surface area contributed by atoms with Crippen LogP contribution in [0.5, 0.6) is 5.75 Å². The summed E-state index contributed by atoms with van der Waals surface area (Å²) in [5.41, 5.74) is 0. The second-order valence-electron chi connectivity index (χ2n) is 4.85. The van der Waals surface area contributed by atoms with Crippen molar-refractivity contribution in [2.24, 2.45) is 11.8 Å². The second-order valence-corrected chi connectivity index (χ2v) is 4.85. The lowest BCUT2D eigenvalue weighted by molar-refractivity contribution is -0.141. The fourth-order valence-corrected chi connectivity index (χ4v) is 1.97. The lowest BCUT2D eigenvalue weighted by atomic mass is 10.3. The number of rotatable bonds is 6. The van der Waals surface area contributed by atoms with Crippen molar-refractivity contribution >= 4 is 11.9 Å². The van der Waals surface area contributed by atoms with Gasteiger partial charge >= 0.3 is 5.97 Å². The first-order valence-corrected chi connectivity index (χ1v) is 6.35. The van der Waals surface area contributed by atoms with Gasteiger partial charge in [-0.3, -0.25) is 9.59 Å². The lowest BCUT2D eigenvalue weighted by Crippen LogP contribution is -2.32. The molecule has 1 N–H and O–H groups in total. The van der Waals surface area contributed by atoms with Gasteiger partial charge in [0, 0.05) is 7.05 Å². The van der Waals surface area contributed by atoms with Crippen LogP contribution in [-0.4, -0.2) is 42.1 Å². The van der Waals surface area contributed by atoms with Crippen LogP contribution in [0.3, 0.4) is 0 Å². The summed E-state index contributed by atoms with van der Waals surface area (Å²) >= 11 is 0. The summed E-state index contributed by atoms with van der Waals surface area (Å²) in [5, 5.41) is 8.78. The van der Waals surface area contributed by atoms with Gasteiger partial charge in [0.25, 0.3) is 0 Å². The van der Waals surface area contributed by atoms with E-state index in [1.807, 2.05) is 0 Å². The van der Waals surface area contributed by atoms with Gasteiger partial charge in [0.2, 0.25) is 5.91 Å². The highest BCUT2D eigenvalue weighted by molar-refractivity contribution is 5.89. The number of carbonyl (C=O) groups is 2. The van der Waals surface area contributed by atoms with Gasteiger partial charge in [-0.25, -0.2) is 4.39 Å². The Morgan fingerprint density at radius 2 is 2.00 bits per heavy atom. The second kappa shape index (κ2) is 5.90. The van der Waals surface area contributed by atoms with E-state index in [4.69, 9.17) is 9.84 Å². The molecule has 1 amide bonds. The predicted molar refractivity (Wildman–Crippen MR) is 68.8 cm³/mol. The molecule has 1 aromatic rings. The highest BCUT2D eigenvalue weighted by Crippen LogP contribution is 2.39. The maximum atomic E-state index is 12.7. The molecule has 20 heavy (non-hydrogen) atoms. The molecule has 0 bridgehead atoms. The Kier molecular flexibility index (Phi) is 4.22. The maximum Gasteiger partial charge on any atom is 0.307 e. The number of likely N-dealkylation sites (N-methyl/N-ethyl adjacent to an activating group) is 1. The third-order valence-corrected chi connectivity index (χ3v) is 3.31. The minimum atomic E-state index is -0.917. The van der Waals surface area contributed by atoms with Crippen molar-refractivity contribution < 1.29 is 23.8 Å². The zero-order valence-corrected chi connectivity index (χ0v) is 11.1. The van der Waals surface area contributed by atoms with Crippen LogP contribution in [0.4, 0.5) is 4.39 Å². The number of hydrogen-bond donors (Lipinski definition) is 1. The summed E-state index contributed by atoms with van der Waals surface area (Å²) in [6.45, 7) is 0.636. The Hall–Kier alpha value is -2.11. The first-order chi connectivity index (χ1) is 9.49. The van der Waals surface area contributed by atoms with E-state index in [0.717, 1.165) is 0 Å². The highest BCUT2D eigenvalue weighted by Gasteiger charge is 2.49. The maximum absolute atomic E-state index is 12.7. The number of nitrogens with zero attached hydrogens (tertiary/aromatic N) is 1. The molecule has 108 valence electrons. The number of carbonyl (C=O) groups excluding carboxylic acids is 1. The van der Waals surface area contributed by atoms with Gasteiger partial charge in [-0.2, -0.15) is 0 Å². The van der Waals surface area contributed by atoms with E-state index in [-0.39, 0.29) is 18.3 Å². The van der Waals surface area contributed by atoms with Crippen LogP contribution in [0, 0.1) is 17.7 Å². The Balaban J connectivity index is 1.73. The normalized spacial score (nSPS) is 20.3. The zero-order chi connectivity index (χ0) is 14.7. The fraction of sp³-hybridized carbons (Fsp3) is 0.429. The molecular formula is C14H16FNO4.